The molecular weight excluding hydrogens is 1320 g/mol. The second-order valence-corrected chi connectivity index (χ2v) is 0. The molecule has 0 aliphatic heterocycles. The molecule has 0 unspecified atom stereocenters. The molecule has 16 nitrogen and oxygen atoms in total. The average molecular weight is 1320 g/mol. The van der Waals surface area contributed by atoms with Crippen molar-refractivity contribution >= 4 is 0 Å². The zero-order chi connectivity index (χ0) is 24.0. The Labute approximate surface area is 501 Å². The van der Waals surface area contributed by atoms with E-state index in [9.17, 15) is 0 Å². The maximum Gasteiger partial charge on any atom is 1.00 e. The molecule has 0 saturated carbocycles. The van der Waals surface area contributed by atoms with Gasteiger partial charge in [0.25, 0.3) is 0 Å². The summed E-state index contributed by atoms with van der Waals surface area (Å²) in [4.78, 5) is 0. The van der Waals surface area contributed by atoms with E-state index < -0.39 is 0 Å². The standard InChI is InChI=1S/12CO.4Cs.4Mo.4H2O/c12*1-2;;;;;;;;;;;;/h;;;;;;;;;;;;;;;;;;;;4*1H2/q;;;;;;;;;;;;4*+1;;;;;;;;/p-4. The van der Waals surface area contributed by atoms with Crippen LogP contribution in [0.1, 0.15) is 0 Å². The minimum Gasteiger partial charge on any atom is -0.870 e. The van der Waals surface area contributed by atoms with Crippen LogP contribution < -0.4 is 276 Å². The molecule has 0 atom stereocenters. The molecule has 0 aromatic rings. The molecular formula is C12H4Cs4Mo4O16. The zero-order valence-corrected chi connectivity index (χ0v) is 51.5. The third-order valence-electron chi connectivity index (χ3n) is 0. The van der Waals surface area contributed by atoms with Crippen molar-refractivity contribution in [3.05, 3.63) is 79.8 Å². The van der Waals surface area contributed by atoms with Crippen LogP contribution in [0.25, 0.3) is 0 Å². The van der Waals surface area contributed by atoms with E-state index in [4.69, 9.17) is 55.8 Å². The van der Waals surface area contributed by atoms with Gasteiger partial charge in [0.2, 0.25) is 0 Å². The predicted molar refractivity (Wildman–Crippen MR) is 54.9 cm³/mol. The monoisotopic (exact) mass is 1330 g/mol. The molecule has 0 aliphatic rings. The minimum atomic E-state index is 0. The van der Waals surface area contributed by atoms with Crippen molar-refractivity contribution in [1.82, 2.24) is 0 Å². The Bertz CT molecular complexity index is 249. The molecule has 0 fully saturated rings. The Morgan fingerprint density at radius 2 is 0.167 bits per heavy atom. The van der Waals surface area contributed by atoms with Crippen LogP contribution >= 0.6 is 0 Å². The van der Waals surface area contributed by atoms with Crippen molar-refractivity contribution in [1.29, 1.82) is 0 Å². The fourth-order valence-corrected chi connectivity index (χ4v) is 0. The van der Waals surface area contributed by atoms with Crippen LogP contribution in [0.2, 0.25) is 0 Å². The summed E-state index contributed by atoms with van der Waals surface area (Å²) in [5.74, 6) is 0. The van der Waals surface area contributed by atoms with E-state index in [1.54, 1.807) is 0 Å². The Morgan fingerprint density at radius 1 is 0.167 bits per heavy atom. The first-order valence-electron chi connectivity index (χ1n) is 2.45. The summed E-state index contributed by atoms with van der Waals surface area (Å²) in [6, 6.07) is 0. The Kier molecular flexibility index (Phi) is 7170. The molecule has 0 amide bonds. The fourth-order valence-electron chi connectivity index (χ4n) is 0. The molecule has 0 saturated heterocycles. The number of rotatable bonds is 0. The van der Waals surface area contributed by atoms with Crippen molar-refractivity contribution in [3.63, 3.8) is 0 Å². The van der Waals surface area contributed by atoms with Gasteiger partial charge in [-0.25, -0.2) is 0 Å². The van der Waals surface area contributed by atoms with Gasteiger partial charge in [-0.05, 0) is 0 Å². The summed E-state index contributed by atoms with van der Waals surface area (Å²) in [7, 11) is 0. The molecule has 0 aromatic carbocycles. The van der Waals surface area contributed by atoms with Crippen molar-refractivity contribution in [2.45, 2.75) is 0 Å². The number of hydrogen-bond donors (Lipinski definition) is 0. The summed E-state index contributed by atoms with van der Waals surface area (Å²) >= 11 is 0. The van der Waals surface area contributed by atoms with Crippen molar-refractivity contribution in [2.24, 2.45) is 0 Å². The van der Waals surface area contributed by atoms with E-state index in [1.165, 1.54) is 0 Å². The first kappa shape index (κ1) is 205. The zero-order valence-electron chi connectivity index (χ0n) is 18.3. The van der Waals surface area contributed by atoms with Crippen molar-refractivity contribution in [2.75, 3.05) is 0 Å². The SMILES string of the molecule is [C-]#[O+].[C-]#[O+].[C-]#[O+].[C-]#[O+].[C-]#[O+].[C-]#[O+].[C-]#[O+].[C-]#[O+].[C-]#[O+].[C-]#[O+].[C-]#[O+].[C-]#[O+].[Cs+].[Cs+].[Cs+].[Cs+].[Mo].[Mo].[Mo].[Mo].[OH-].[OH-].[OH-].[OH-]. The van der Waals surface area contributed by atoms with Crippen LogP contribution in [0.15, 0.2) is 0 Å². The molecule has 0 bridgehead atoms. The first-order valence-corrected chi connectivity index (χ1v) is 2.45. The summed E-state index contributed by atoms with van der Waals surface area (Å²) in [5.41, 5.74) is 0. The number of hydrogen-bond acceptors (Lipinski definition) is 4. The molecule has 0 radical (unpaired) electrons. The minimum absolute atomic E-state index is 0. The van der Waals surface area contributed by atoms with Gasteiger partial charge in [0, 0.05) is 84.3 Å². The van der Waals surface area contributed by atoms with E-state index in [2.05, 4.69) is 79.8 Å². The van der Waals surface area contributed by atoms with Crippen molar-refractivity contribution in [3.8, 4) is 0 Å². The average Bonchev–Trinajstić information content (AvgIpc) is 2.84. The van der Waals surface area contributed by atoms with Gasteiger partial charge in [0.15, 0.2) is 0 Å². The summed E-state index contributed by atoms with van der Waals surface area (Å²) in [6.45, 7) is 54.0. The quantitative estimate of drug-likeness (QED) is 0.130. The summed E-state index contributed by atoms with van der Waals surface area (Å²) in [5, 5.41) is 0. The molecule has 36 heavy (non-hydrogen) atoms. The van der Waals surface area contributed by atoms with Crippen LogP contribution in [-0.4, -0.2) is 21.9 Å². The van der Waals surface area contributed by atoms with Crippen LogP contribution in [0.5, 0.6) is 0 Å². The van der Waals surface area contributed by atoms with Gasteiger partial charge in [-0.3, -0.25) is 0 Å². The van der Waals surface area contributed by atoms with E-state index in [-0.39, 0.29) is 382 Å². The van der Waals surface area contributed by atoms with Gasteiger partial charge in [-0.15, -0.1) is 0 Å². The predicted octanol–water partition coefficient (Wildman–Crippen LogP) is -13.2. The summed E-state index contributed by atoms with van der Waals surface area (Å²) in [6.07, 6.45) is 0. The third-order valence-corrected chi connectivity index (χ3v) is 0. The van der Waals surface area contributed by atoms with Crippen LogP contribution in [0.4, 0.5) is 0 Å². The third kappa shape index (κ3) is 1170. The molecule has 0 rings (SSSR count). The van der Waals surface area contributed by atoms with Crippen LogP contribution in [-0.2, 0) is 140 Å². The van der Waals surface area contributed by atoms with Crippen LogP contribution in [0, 0.1) is 79.8 Å². The summed E-state index contributed by atoms with van der Waals surface area (Å²) < 4.78 is 90.0. The Hall–Kier alpha value is 7.68. The van der Waals surface area contributed by atoms with Gasteiger partial charge < -0.3 is 21.9 Å². The first-order chi connectivity index (χ1) is 12.0. The molecule has 0 heterocycles. The largest absolute Gasteiger partial charge is 1.00 e. The van der Waals surface area contributed by atoms with Gasteiger partial charge in [0.1, 0.15) is 0 Å². The molecule has 176 valence electrons. The molecule has 0 aliphatic carbocycles. The Morgan fingerprint density at radius 3 is 0.167 bits per heavy atom. The van der Waals surface area contributed by atoms with E-state index in [0.717, 1.165) is 0 Å². The van der Waals surface area contributed by atoms with Crippen LogP contribution in [0.3, 0.4) is 0 Å². The topological polar surface area (TPSA) is 359 Å². The molecule has 0 aromatic heterocycles. The fraction of sp³-hybridized carbons (Fsp3) is 0. The van der Waals surface area contributed by atoms with Gasteiger partial charge in [0.05, 0.1) is 0 Å². The molecule has 24 heteroatoms. The Balaban J connectivity index is -0.00000000193. The molecule has 4 N–H and O–H groups in total. The smallest absolute Gasteiger partial charge is 0.870 e. The van der Waals surface area contributed by atoms with Gasteiger partial charge in [-0.1, -0.05) is 0 Å². The van der Waals surface area contributed by atoms with Gasteiger partial charge in [-0.2, -0.15) is 0 Å². The molecule has 0 spiro atoms. The van der Waals surface area contributed by atoms with E-state index >= 15 is 0 Å². The van der Waals surface area contributed by atoms with E-state index in [1.807, 2.05) is 0 Å². The van der Waals surface area contributed by atoms with E-state index in [0.29, 0.717) is 0 Å². The second kappa shape index (κ2) is 1260. The maximum atomic E-state index is 7.50. The second-order valence-electron chi connectivity index (χ2n) is 0. The van der Waals surface area contributed by atoms with Crippen molar-refractivity contribution < 1.29 is 438 Å². The maximum absolute atomic E-state index is 7.50. The van der Waals surface area contributed by atoms with Gasteiger partial charge >= 0.3 is 411 Å². The normalized spacial score (nSPS) is 0.667.